The molecule has 0 unspecified atom stereocenters. The number of rotatable bonds is 10. The van der Waals surface area contributed by atoms with Gasteiger partial charge in [-0.15, -0.1) is 0 Å². The number of fused-ring (bicyclic) bond motifs is 1. The van der Waals surface area contributed by atoms with Gasteiger partial charge in [-0.05, 0) is 75.3 Å². The van der Waals surface area contributed by atoms with E-state index >= 15 is 0 Å². The number of benzene rings is 2. The second kappa shape index (κ2) is 14.3. The molecule has 9 heteroatoms. The third-order valence-corrected chi connectivity index (χ3v) is 9.39. The molecular weight excluding hydrogens is 544 g/mol. The first-order valence-electron chi connectivity index (χ1n) is 15.8. The van der Waals surface area contributed by atoms with Crippen molar-refractivity contribution in [3.05, 3.63) is 59.7 Å². The van der Waals surface area contributed by atoms with Gasteiger partial charge in [-0.2, -0.15) is 0 Å². The third kappa shape index (κ3) is 7.32. The standard InChI is InChI=1S/C34H46N4O5/c1-22(35-2)32(39)37-31(24-12-5-4-6-13-24)34(41)38-21-27(43-26-16-10-15-25(19-26)42-3)20-30(38)33(40)36-29-18-9-14-23-11-7-8-17-28(23)29/h7-8,10-11,15-17,19,22,24,27,29-31,35H,4-6,9,12-14,18,20-21H2,1-3H3,(H,36,40)(H,37,39)/t22-,27-,29+,30-,31-/m0/s1. The van der Waals surface area contributed by atoms with Crippen molar-refractivity contribution >= 4 is 17.7 Å². The van der Waals surface area contributed by atoms with E-state index in [1.807, 2.05) is 36.4 Å². The van der Waals surface area contributed by atoms with Crippen LogP contribution in [0, 0.1) is 5.92 Å². The summed E-state index contributed by atoms with van der Waals surface area (Å²) in [6.45, 7) is 2.04. The molecule has 2 aliphatic carbocycles. The van der Waals surface area contributed by atoms with Crippen molar-refractivity contribution in [1.29, 1.82) is 0 Å². The summed E-state index contributed by atoms with van der Waals surface area (Å²) in [7, 11) is 3.33. The number of hydrogen-bond acceptors (Lipinski definition) is 6. The average Bonchev–Trinajstić information content (AvgIpc) is 3.47. The zero-order valence-corrected chi connectivity index (χ0v) is 25.6. The van der Waals surface area contributed by atoms with Gasteiger partial charge in [-0.25, -0.2) is 0 Å². The Morgan fingerprint density at radius 2 is 1.72 bits per heavy atom. The molecule has 1 saturated heterocycles. The Morgan fingerprint density at radius 1 is 0.953 bits per heavy atom. The van der Waals surface area contributed by atoms with Crippen molar-refractivity contribution < 1.29 is 23.9 Å². The summed E-state index contributed by atoms with van der Waals surface area (Å²) in [5.74, 6) is 0.733. The number of methoxy groups -OCH3 is 1. The Labute approximate surface area is 255 Å². The number of aryl methyl sites for hydroxylation is 1. The molecule has 2 fully saturated rings. The fourth-order valence-electron chi connectivity index (χ4n) is 6.85. The molecule has 0 radical (unpaired) electrons. The molecule has 0 aromatic heterocycles. The van der Waals surface area contributed by atoms with Gasteiger partial charge in [0.05, 0.1) is 25.7 Å². The summed E-state index contributed by atoms with van der Waals surface area (Å²) in [6.07, 6.45) is 7.76. The van der Waals surface area contributed by atoms with Crippen LogP contribution in [-0.2, 0) is 20.8 Å². The molecule has 3 N–H and O–H groups in total. The van der Waals surface area contributed by atoms with Crippen LogP contribution in [0.5, 0.6) is 11.5 Å². The van der Waals surface area contributed by atoms with Crippen molar-refractivity contribution in [3.8, 4) is 11.5 Å². The minimum absolute atomic E-state index is 0.0292. The highest BCUT2D eigenvalue weighted by atomic mass is 16.5. The fraction of sp³-hybridized carbons (Fsp3) is 0.559. The quantitative estimate of drug-likeness (QED) is 0.387. The third-order valence-electron chi connectivity index (χ3n) is 9.39. The van der Waals surface area contributed by atoms with E-state index in [0.29, 0.717) is 17.9 Å². The van der Waals surface area contributed by atoms with Crippen LogP contribution in [0.25, 0.3) is 0 Å². The predicted octanol–water partition coefficient (Wildman–Crippen LogP) is 3.91. The van der Waals surface area contributed by atoms with Gasteiger partial charge in [0, 0.05) is 12.5 Å². The first kappa shape index (κ1) is 30.9. The topological polar surface area (TPSA) is 109 Å². The number of carbonyl (C=O) groups excluding carboxylic acids is 3. The van der Waals surface area contributed by atoms with Gasteiger partial charge in [-0.3, -0.25) is 14.4 Å². The zero-order chi connectivity index (χ0) is 30.3. The Balaban J connectivity index is 1.40. The Bertz CT molecular complexity index is 1280. The molecule has 43 heavy (non-hydrogen) atoms. The Kier molecular flexibility index (Phi) is 10.2. The maximum absolute atomic E-state index is 14.4. The van der Waals surface area contributed by atoms with Crippen molar-refractivity contribution in [2.75, 3.05) is 20.7 Å². The van der Waals surface area contributed by atoms with Crippen LogP contribution in [0.3, 0.4) is 0 Å². The second-order valence-corrected chi connectivity index (χ2v) is 12.2. The molecule has 1 heterocycles. The highest BCUT2D eigenvalue weighted by Gasteiger charge is 2.45. The number of nitrogens with zero attached hydrogens (tertiary/aromatic N) is 1. The summed E-state index contributed by atoms with van der Waals surface area (Å²) < 4.78 is 11.7. The van der Waals surface area contributed by atoms with Gasteiger partial charge in [0.25, 0.3) is 0 Å². The first-order valence-corrected chi connectivity index (χ1v) is 15.8. The fourth-order valence-corrected chi connectivity index (χ4v) is 6.85. The minimum Gasteiger partial charge on any atom is -0.497 e. The van der Waals surface area contributed by atoms with Crippen LogP contribution in [-0.4, -0.2) is 67.6 Å². The van der Waals surface area contributed by atoms with Crippen LogP contribution in [0.15, 0.2) is 48.5 Å². The molecule has 1 saturated carbocycles. The summed E-state index contributed by atoms with van der Waals surface area (Å²) in [4.78, 5) is 43.2. The number of likely N-dealkylation sites (N-methyl/N-ethyl adjacent to an activating group) is 1. The lowest BCUT2D eigenvalue weighted by molar-refractivity contribution is -0.143. The lowest BCUT2D eigenvalue weighted by Gasteiger charge is -2.35. The number of carbonyl (C=O) groups is 3. The molecule has 0 bridgehead atoms. The lowest BCUT2D eigenvalue weighted by atomic mass is 9.83. The molecule has 9 nitrogen and oxygen atoms in total. The van der Waals surface area contributed by atoms with Crippen LogP contribution in [0.4, 0.5) is 0 Å². The summed E-state index contributed by atoms with van der Waals surface area (Å²) in [6, 6.07) is 13.7. The molecular formula is C34H46N4O5. The van der Waals surface area contributed by atoms with Crippen LogP contribution >= 0.6 is 0 Å². The zero-order valence-electron chi connectivity index (χ0n) is 25.6. The maximum atomic E-state index is 14.4. The van der Waals surface area contributed by atoms with E-state index in [9.17, 15) is 14.4 Å². The van der Waals surface area contributed by atoms with E-state index in [1.165, 1.54) is 5.56 Å². The van der Waals surface area contributed by atoms with Gasteiger partial charge in [0.2, 0.25) is 17.7 Å². The van der Waals surface area contributed by atoms with Crippen LogP contribution in [0.1, 0.15) is 75.5 Å². The number of nitrogens with one attached hydrogen (secondary N) is 3. The minimum atomic E-state index is -0.707. The smallest absolute Gasteiger partial charge is 0.246 e. The lowest BCUT2D eigenvalue weighted by Crippen LogP contribution is -2.58. The molecule has 5 atom stereocenters. The van der Waals surface area contributed by atoms with E-state index in [4.69, 9.17) is 9.47 Å². The van der Waals surface area contributed by atoms with E-state index in [-0.39, 0.29) is 42.3 Å². The number of likely N-dealkylation sites (tertiary alicyclic amines) is 1. The van der Waals surface area contributed by atoms with Crippen LogP contribution in [0.2, 0.25) is 0 Å². The molecule has 2 aromatic carbocycles. The first-order chi connectivity index (χ1) is 20.9. The molecule has 0 spiro atoms. The molecule has 232 valence electrons. The van der Waals surface area contributed by atoms with E-state index in [0.717, 1.165) is 56.9 Å². The van der Waals surface area contributed by atoms with Crippen molar-refractivity contribution in [1.82, 2.24) is 20.9 Å². The van der Waals surface area contributed by atoms with Gasteiger partial charge in [-0.1, -0.05) is 49.6 Å². The monoisotopic (exact) mass is 590 g/mol. The molecule has 3 aliphatic rings. The normalized spacial score (nSPS) is 23.5. The highest BCUT2D eigenvalue weighted by molar-refractivity contribution is 5.94. The predicted molar refractivity (Wildman–Crippen MR) is 165 cm³/mol. The van der Waals surface area contributed by atoms with Crippen molar-refractivity contribution in [2.45, 2.75) is 95.0 Å². The maximum Gasteiger partial charge on any atom is 0.246 e. The van der Waals surface area contributed by atoms with Crippen LogP contribution < -0.4 is 25.4 Å². The Morgan fingerprint density at radius 3 is 2.49 bits per heavy atom. The average molecular weight is 591 g/mol. The summed E-state index contributed by atoms with van der Waals surface area (Å²) in [5, 5.41) is 9.33. The van der Waals surface area contributed by atoms with Crippen molar-refractivity contribution in [3.63, 3.8) is 0 Å². The van der Waals surface area contributed by atoms with E-state index in [1.54, 1.807) is 26.0 Å². The SMILES string of the molecule is CN[C@@H](C)C(=O)N[C@H](C(=O)N1C[C@@H](Oc2cccc(OC)c2)C[C@H]1C(=O)N[C@@H]1CCCc2ccccc21)C1CCCCC1. The van der Waals surface area contributed by atoms with E-state index in [2.05, 4.69) is 28.1 Å². The second-order valence-electron chi connectivity index (χ2n) is 12.2. The molecule has 3 amide bonds. The molecule has 1 aliphatic heterocycles. The van der Waals surface area contributed by atoms with Gasteiger partial charge in [0.1, 0.15) is 29.7 Å². The summed E-state index contributed by atoms with van der Waals surface area (Å²) >= 11 is 0. The largest absolute Gasteiger partial charge is 0.497 e. The number of hydrogen-bond donors (Lipinski definition) is 3. The van der Waals surface area contributed by atoms with E-state index < -0.39 is 18.1 Å². The number of amides is 3. The highest BCUT2D eigenvalue weighted by Crippen LogP contribution is 2.33. The van der Waals surface area contributed by atoms with Gasteiger partial charge < -0.3 is 30.3 Å². The number of ether oxygens (including phenoxy) is 2. The van der Waals surface area contributed by atoms with Crippen molar-refractivity contribution in [2.24, 2.45) is 5.92 Å². The van der Waals surface area contributed by atoms with Gasteiger partial charge in [0.15, 0.2) is 0 Å². The Hall–Kier alpha value is -3.59. The molecule has 2 aromatic rings. The molecule has 5 rings (SSSR count). The van der Waals surface area contributed by atoms with Gasteiger partial charge >= 0.3 is 0 Å². The summed E-state index contributed by atoms with van der Waals surface area (Å²) in [5.41, 5.74) is 2.41.